The van der Waals surface area contributed by atoms with Crippen molar-refractivity contribution in [1.29, 1.82) is 0 Å². The van der Waals surface area contributed by atoms with Gasteiger partial charge in [0.05, 0.1) is 12.1 Å². The Bertz CT molecular complexity index is 586. The van der Waals surface area contributed by atoms with E-state index in [9.17, 15) is 19.4 Å². The van der Waals surface area contributed by atoms with Crippen LogP contribution in [-0.2, 0) is 11.2 Å². The average molecular weight is 305 g/mol. The van der Waals surface area contributed by atoms with E-state index < -0.39 is 18.1 Å². The predicted octanol–water partition coefficient (Wildman–Crippen LogP) is 3.90. The molecule has 2 N–H and O–H groups in total. The first-order valence-corrected chi connectivity index (χ1v) is 8.08. The van der Waals surface area contributed by atoms with Gasteiger partial charge >= 0.3 is 5.97 Å². The molecule has 120 valence electrons. The normalized spacial score (nSPS) is 33.8. The molecule has 22 heavy (non-hydrogen) atoms. The summed E-state index contributed by atoms with van der Waals surface area (Å²) in [5.74, 6) is -0.101. The van der Waals surface area contributed by atoms with Crippen LogP contribution in [0.3, 0.4) is 0 Å². The SMILES string of the molecule is C[C@]1(C(=O)O)CCC2c3ccc(O)cc3CCC2C1CC[18F]. The van der Waals surface area contributed by atoms with Gasteiger partial charge in [-0.15, -0.1) is 0 Å². The lowest BCUT2D eigenvalue weighted by molar-refractivity contribution is -0.157. The summed E-state index contributed by atoms with van der Waals surface area (Å²) in [4.78, 5) is 11.8. The minimum atomic E-state index is -0.818. The van der Waals surface area contributed by atoms with E-state index >= 15 is 0 Å². The van der Waals surface area contributed by atoms with Crippen molar-refractivity contribution < 1.29 is 19.4 Å². The lowest BCUT2D eigenvalue weighted by Gasteiger charge is -2.50. The Kier molecular flexibility index (Phi) is 3.87. The number of carboxylic acid groups (broad SMARTS) is 1. The molecule has 1 aromatic carbocycles. The van der Waals surface area contributed by atoms with Gasteiger partial charge in [-0.2, -0.15) is 0 Å². The third kappa shape index (κ3) is 2.29. The fourth-order valence-corrected chi connectivity index (χ4v) is 4.80. The zero-order valence-electron chi connectivity index (χ0n) is 12.9. The van der Waals surface area contributed by atoms with Gasteiger partial charge in [0.2, 0.25) is 0 Å². The highest BCUT2D eigenvalue weighted by molar-refractivity contribution is 5.75. The first-order chi connectivity index (χ1) is 10.5. The number of phenols is 1. The lowest BCUT2D eigenvalue weighted by atomic mass is 9.54. The molecule has 0 saturated heterocycles. The summed E-state index contributed by atoms with van der Waals surface area (Å²) in [5.41, 5.74) is 1.58. The average Bonchev–Trinajstić information content (AvgIpc) is 2.49. The van der Waals surface area contributed by atoms with Crippen LogP contribution in [0.15, 0.2) is 18.2 Å². The maximum Gasteiger partial charge on any atom is 0.309 e. The first-order valence-electron chi connectivity index (χ1n) is 8.08. The number of hydrogen-bond donors (Lipinski definition) is 2. The number of carbonyl (C=O) groups is 1. The number of fused-ring (bicyclic) bond motifs is 3. The van der Waals surface area contributed by atoms with Crippen molar-refractivity contribution in [3.05, 3.63) is 29.3 Å². The highest BCUT2D eigenvalue weighted by Crippen LogP contribution is 2.56. The number of rotatable bonds is 3. The van der Waals surface area contributed by atoms with Crippen LogP contribution in [0, 0.1) is 17.3 Å². The number of carboxylic acids is 1. The van der Waals surface area contributed by atoms with Gasteiger partial charge in [0.25, 0.3) is 0 Å². The van der Waals surface area contributed by atoms with Crippen LogP contribution >= 0.6 is 0 Å². The Morgan fingerprint density at radius 1 is 1.41 bits per heavy atom. The van der Waals surface area contributed by atoms with Crippen molar-refractivity contribution in [2.45, 2.75) is 44.9 Å². The standard InChI is InChI=1S/C18H23FO3/c1-18(17(21)22)8-6-14-13-5-3-12(20)10-11(13)2-4-15(14)16(18)7-9-19/h3,5,10,14-16,20H,2,4,6-9H2,1H3,(H,21,22)/t14?,15?,16?,18-/m0/s1/i19-1. The highest BCUT2D eigenvalue weighted by atomic mass is 18.2. The van der Waals surface area contributed by atoms with E-state index in [0.29, 0.717) is 18.8 Å². The quantitative estimate of drug-likeness (QED) is 0.890. The third-order valence-electron chi connectivity index (χ3n) is 6.01. The molecule has 1 aromatic rings. The first kappa shape index (κ1) is 15.3. The number of halogens is 1. The van der Waals surface area contributed by atoms with Gasteiger partial charge in [0.1, 0.15) is 5.75 Å². The molecule has 0 spiro atoms. The Hall–Kier alpha value is -1.58. The molecule has 0 aromatic heterocycles. The van der Waals surface area contributed by atoms with E-state index in [-0.39, 0.29) is 17.6 Å². The fraction of sp³-hybridized carbons (Fsp3) is 0.611. The molecule has 3 rings (SSSR count). The van der Waals surface area contributed by atoms with Gasteiger partial charge in [-0.25, -0.2) is 0 Å². The number of hydrogen-bond acceptors (Lipinski definition) is 2. The van der Waals surface area contributed by atoms with Crippen LogP contribution in [0.2, 0.25) is 0 Å². The number of aliphatic carboxylic acids is 1. The van der Waals surface area contributed by atoms with E-state index in [0.717, 1.165) is 19.3 Å². The Balaban J connectivity index is 1.97. The molecule has 0 amide bonds. The topological polar surface area (TPSA) is 57.5 Å². The fourth-order valence-electron chi connectivity index (χ4n) is 4.80. The van der Waals surface area contributed by atoms with Crippen LogP contribution in [0.5, 0.6) is 5.75 Å². The molecule has 0 bridgehead atoms. The molecule has 0 aliphatic heterocycles. The van der Waals surface area contributed by atoms with Crippen molar-refractivity contribution in [3.8, 4) is 5.75 Å². The summed E-state index contributed by atoms with van der Waals surface area (Å²) >= 11 is 0. The van der Waals surface area contributed by atoms with E-state index in [1.807, 2.05) is 12.1 Å². The summed E-state index contributed by atoms with van der Waals surface area (Å²) in [6.07, 6.45) is 3.47. The zero-order chi connectivity index (χ0) is 15.9. The highest BCUT2D eigenvalue weighted by Gasteiger charge is 2.51. The second kappa shape index (κ2) is 5.56. The Morgan fingerprint density at radius 3 is 2.86 bits per heavy atom. The largest absolute Gasteiger partial charge is 0.508 e. The molecular weight excluding hydrogens is 282 g/mol. The predicted molar refractivity (Wildman–Crippen MR) is 81.7 cm³/mol. The zero-order valence-corrected chi connectivity index (χ0v) is 12.9. The van der Waals surface area contributed by atoms with Crippen LogP contribution in [-0.4, -0.2) is 22.9 Å². The van der Waals surface area contributed by atoms with E-state index in [2.05, 4.69) is 0 Å². The summed E-state index contributed by atoms with van der Waals surface area (Å²) < 4.78 is 13.1. The summed E-state index contributed by atoms with van der Waals surface area (Å²) in [7, 11) is 0. The summed E-state index contributed by atoms with van der Waals surface area (Å²) in [6.45, 7) is 1.33. The maximum atomic E-state index is 13.1. The van der Waals surface area contributed by atoms with Gasteiger partial charge in [-0.05, 0) is 80.0 Å². The van der Waals surface area contributed by atoms with Crippen molar-refractivity contribution >= 4 is 5.97 Å². The van der Waals surface area contributed by atoms with Crippen LogP contribution in [0.25, 0.3) is 0 Å². The van der Waals surface area contributed by atoms with Gasteiger partial charge in [0, 0.05) is 0 Å². The summed E-state index contributed by atoms with van der Waals surface area (Å²) in [5, 5.41) is 19.3. The van der Waals surface area contributed by atoms with Gasteiger partial charge in [0.15, 0.2) is 0 Å². The van der Waals surface area contributed by atoms with Crippen LogP contribution in [0.4, 0.5) is 4.39 Å². The third-order valence-corrected chi connectivity index (χ3v) is 6.01. The molecular formula is C18H23FO3. The molecule has 2 aliphatic carbocycles. The monoisotopic (exact) mass is 305 g/mol. The molecule has 2 aliphatic rings. The number of aromatic hydroxyl groups is 1. The molecule has 1 saturated carbocycles. The number of alkyl halides is 1. The molecule has 4 atom stereocenters. The van der Waals surface area contributed by atoms with Crippen molar-refractivity contribution in [3.63, 3.8) is 0 Å². The van der Waals surface area contributed by atoms with Crippen molar-refractivity contribution in [1.82, 2.24) is 0 Å². The minimum Gasteiger partial charge on any atom is -0.508 e. The second-order valence-corrected chi connectivity index (χ2v) is 7.04. The Labute approximate surface area is 130 Å². The van der Waals surface area contributed by atoms with Gasteiger partial charge < -0.3 is 10.2 Å². The van der Waals surface area contributed by atoms with Crippen LogP contribution in [0.1, 0.15) is 49.7 Å². The smallest absolute Gasteiger partial charge is 0.309 e. The molecule has 0 heterocycles. The van der Waals surface area contributed by atoms with Crippen molar-refractivity contribution in [2.24, 2.45) is 17.3 Å². The molecule has 3 nitrogen and oxygen atoms in total. The van der Waals surface area contributed by atoms with Crippen molar-refractivity contribution in [2.75, 3.05) is 6.67 Å². The second-order valence-electron chi connectivity index (χ2n) is 7.04. The van der Waals surface area contributed by atoms with E-state index in [1.165, 1.54) is 11.1 Å². The summed E-state index contributed by atoms with van der Waals surface area (Å²) in [6, 6.07) is 5.49. The molecule has 0 radical (unpaired) electrons. The van der Waals surface area contributed by atoms with Gasteiger partial charge in [-0.1, -0.05) is 6.07 Å². The van der Waals surface area contributed by atoms with Gasteiger partial charge in [-0.3, -0.25) is 9.18 Å². The molecule has 3 unspecified atom stereocenters. The number of benzene rings is 1. The molecule has 4 heteroatoms. The van der Waals surface area contributed by atoms with E-state index in [1.54, 1.807) is 13.0 Å². The lowest BCUT2D eigenvalue weighted by Crippen LogP contribution is -2.47. The maximum absolute atomic E-state index is 13.1. The minimum absolute atomic E-state index is 0.115. The number of aryl methyl sites for hydroxylation is 1. The van der Waals surface area contributed by atoms with E-state index in [4.69, 9.17) is 0 Å². The Morgan fingerprint density at radius 2 is 2.18 bits per heavy atom. The molecule has 1 fully saturated rings. The number of phenolic OH excluding ortho intramolecular Hbond substituents is 1. The van der Waals surface area contributed by atoms with Crippen LogP contribution < -0.4 is 0 Å².